The molecule has 4 rings (SSSR count). The molecule has 0 aromatic carbocycles. The molecule has 1 N–H and O–H groups in total. The number of carbonyl (C=O) groups excluding carboxylic acids is 1. The Morgan fingerprint density at radius 1 is 1.26 bits per heavy atom. The average molecular weight is 314 g/mol. The minimum Gasteiger partial charge on any atom is -0.381 e. The lowest BCUT2D eigenvalue weighted by Gasteiger charge is -2.23. The van der Waals surface area contributed by atoms with Gasteiger partial charge in [0.25, 0.3) is 5.91 Å². The number of aromatic nitrogens is 2. The van der Waals surface area contributed by atoms with Gasteiger partial charge in [-0.05, 0) is 37.8 Å². The second-order valence-corrected chi connectivity index (χ2v) is 6.33. The van der Waals surface area contributed by atoms with Gasteiger partial charge in [-0.3, -0.25) is 4.79 Å². The van der Waals surface area contributed by atoms with E-state index in [-0.39, 0.29) is 11.9 Å². The maximum absolute atomic E-state index is 12.6. The molecule has 0 bridgehead atoms. The van der Waals surface area contributed by atoms with Gasteiger partial charge in [-0.25, -0.2) is 4.52 Å². The fourth-order valence-corrected chi connectivity index (χ4v) is 3.42. The Kier molecular flexibility index (Phi) is 3.91. The number of nitrogens with zero attached hydrogens (tertiary/aromatic N) is 3. The van der Waals surface area contributed by atoms with Crippen molar-refractivity contribution in [1.29, 1.82) is 0 Å². The molecule has 23 heavy (non-hydrogen) atoms. The minimum absolute atomic E-state index is 0.0366. The van der Waals surface area contributed by atoms with Crippen LogP contribution in [-0.2, 0) is 4.74 Å². The van der Waals surface area contributed by atoms with Crippen molar-refractivity contribution in [3.05, 3.63) is 30.1 Å². The summed E-state index contributed by atoms with van der Waals surface area (Å²) < 4.78 is 7.12. The molecule has 4 heterocycles. The number of carbonyl (C=O) groups is 1. The second-order valence-electron chi connectivity index (χ2n) is 6.33. The van der Waals surface area contributed by atoms with Gasteiger partial charge < -0.3 is 15.0 Å². The van der Waals surface area contributed by atoms with Crippen LogP contribution in [0.15, 0.2) is 24.5 Å². The van der Waals surface area contributed by atoms with E-state index in [1.165, 1.54) is 18.5 Å². The van der Waals surface area contributed by atoms with Gasteiger partial charge in [-0.1, -0.05) is 0 Å². The van der Waals surface area contributed by atoms with E-state index in [0.717, 1.165) is 44.7 Å². The molecule has 2 aliphatic rings. The van der Waals surface area contributed by atoms with Crippen molar-refractivity contribution in [2.24, 2.45) is 0 Å². The Morgan fingerprint density at radius 2 is 2.04 bits per heavy atom. The zero-order valence-corrected chi connectivity index (χ0v) is 13.2. The Balaban J connectivity index is 1.58. The Bertz CT molecular complexity index is 700. The maximum Gasteiger partial charge on any atom is 0.255 e. The zero-order chi connectivity index (χ0) is 15.6. The molecule has 6 nitrogen and oxygen atoms in total. The quantitative estimate of drug-likeness (QED) is 0.939. The number of rotatable bonds is 3. The van der Waals surface area contributed by atoms with E-state index >= 15 is 0 Å². The first-order chi connectivity index (χ1) is 11.3. The van der Waals surface area contributed by atoms with Crippen LogP contribution in [0.4, 0.5) is 5.69 Å². The van der Waals surface area contributed by atoms with Crippen molar-refractivity contribution in [3.8, 4) is 0 Å². The summed E-state index contributed by atoms with van der Waals surface area (Å²) in [4.78, 5) is 15.0. The number of amides is 1. The van der Waals surface area contributed by atoms with Crippen LogP contribution >= 0.6 is 0 Å². The van der Waals surface area contributed by atoms with E-state index in [0.29, 0.717) is 5.56 Å². The number of ether oxygens (including phenoxy) is 1. The molecule has 0 radical (unpaired) electrons. The third kappa shape index (κ3) is 2.91. The summed E-state index contributed by atoms with van der Waals surface area (Å²) in [6.07, 6.45) is 7.84. The van der Waals surface area contributed by atoms with Crippen LogP contribution in [0, 0.1) is 0 Å². The molecule has 0 saturated carbocycles. The molecule has 2 saturated heterocycles. The lowest BCUT2D eigenvalue weighted by molar-refractivity contribution is 0.0697. The zero-order valence-electron chi connectivity index (χ0n) is 13.2. The van der Waals surface area contributed by atoms with Gasteiger partial charge >= 0.3 is 0 Å². The summed E-state index contributed by atoms with van der Waals surface area (Å²) in [7, 11) is 0. The third-order valence-electron chi connectivity index (χ3n) is 4.78. The van der Waals surface area contributed by atoms with Gasteiger partial charge in [0.05, 0.1) is 17.3 Å². The number of hydrogen-bond donors (Lipinski definition) is 1. The first-order valence-electron chi connectivity index (χ1n) is 8.42. The molecule has 0 spiro atoms. The van der Waals surface area contributed by atoms with E-state index in [9.17, 15) is 4.79 Å². The molecule has 0 atom stereocenters. The molecule has 0 aliphatic carbocycles. The van der Waals surface area contributed by atoms with E-state index < -0.39 is 0 Å². The Labute approximate surface area is 135 Å². The number of pyridine rings is 1. The Morgan fingerprint density at radius 3 is 2.83 bits per heavy atom. The topological polar surface area (TPSA) is 58.9 Å². The maximum atomic E-state index is 12.6. The highest BCUT2D eigenvalue weighted by atomic mass is 16.5. The third-order valence-corrected chi connectivity index (χ3v) is 4.78. The van der Waals surface area contributed by atoms with E-state index in [2.05, 4.69) is 27.4 Å². The summed E-state index contributed by atoms with van der Waals surface area (Å²) in [5.74, 6) is -0.0366. The molecular formula is C17H22N4O2. The molecule has 2 aromatic heterocycles. The number of anilines is 1. The Hall–Kier alpha value is -2.08. The summed E-state index contributed by atoms with van der Waals surface area (Å²) in [6.45, 7) is 3.62. The van der Waals surface area contributed by atoms with Crippen molar-refractivity contribution in [3.63, 3.8) is 0 Å². The predicted octanol–water partition coefficient (Wildman–Crippen LogP) is 1.84. The van der Waals surface area contributed by atoms with Crippen LogP contribution < -0.4 is 10.2 Å². The largest absolute Gasteiger partial charge is 0.381 e. The number of fused-ring (bicyclic) bond motifs is 1. The second kappa shape index (κ2) is 6.20. The smallest absolute Gasteiger partial charge is 0.255 e. The standard InChI is InChI=1S/C17H22N4O2/c22-17(19-13-4-9-23-10-5-13)15-12-18-21-8-3-14(11-16(15)21)20-6-1-2-7-20/h3,8,11-13H,1-2,4-7,9-10H2,(H,19,22). The van der Waals surface area contributed by atoms with E-state index in [4.69, 9.17) is 4.74 Å². The molecule has 6 heteroatoms. The van der Waals surface area contributed by atoms with Gasteiger partial charge in [0, 0.05) is 44.2 Å². The molecule has 2 aliphatic heterocycles. The van der Waals surface area contributed by atoms with Crippen LogP contribution in [0.25, 0.3) is 5.52 Å². The predicted molar refractivity (Wildman–Crippen MR) is 87.9 cm³/mol. The van der Waals surface area contributed by atoms with Crippen LogP contribution in [0.1, 0.15) is 36.0 Å². The van der Waals surface area contributed by atoms with E-state index in [1.807, 2.05) is 6.20 Å². The summed E-state index contributed by atoms with van der Waals surface area (Å²) in [5.41, 5.74) is 2.70. The van der Waals surface area contributed by atoms with E-state index in [1.54, 1.807) is 10.7 Å². The van der Waals surface area contributed by atoms with Crippen LogP contribution in [0.2, 0.25) is 0 Å². The van der Waals surface area contributed by atoms with Gasteiger partial charge in [0.15, 0.2) is 0 Å². The first kappa shape index (κ1) is 14.5. The van der Waals surface area contributed by atoms with Gasteiger partial charge in [-0.15, -0.1) is 0 Å². The highest BCUT2D eigenvalue weighted by molar-refractivity contribution is 6.01. The summed E-state index contributed by atoms with van der Waals surface area (Å²) in [6, 6.07) is 4.36. The minimum atomic E-state index is -0.0366. The van der Waals surface area contributed by atoms with Gasteiger partial charge in [0.1, 0.15) is 0 Å². The van der Waals surface area contributed by atoms with Crippen molar-refractivity contribution in [1.82, 2.24) is 14.9 Å². The molecule has 122 valence electrons. The molecular weight excluding hydrogens is 292 g/mol. The van der Waals surface area contributed by atoms with Crippen molar-refractivity contribution in [2.75, 3.05) is 31.2 Å². The van der Waals surface area contributed by atoms with Crippen molar-refractivity contribution < 1.29 is 9.53 Å². The van der Waals surface area contributed by atoms with Gasteiger partial charge in [-0.2, -0.15) is 5.10 Å². The molecule has 2 fully saturated rings. The molecule has 0 unspecified atom stereocenters. The summed E-state index contributed by atoms with van der Waals surface area (Å²) in [5, 5.41) is 7.43. The van der Waals surface area contributed by atoms with Crippen molar-refractivity contribution in [2.45, 2.75) is 31.7 Å². The van der Waals surface area contributed by atoms with Gasteiger partial charge in [0.2, 0.25) is 0 Å². The normalized spacial score (nSPS) is 19.4. The number of nitrogens with one attached hydrogen (secondary N) is 1. The first-order valence-corrected chi connectivity index (χ1v) is 8.42. The fourth-order valence-electron chi connectivity index (χ4n) is 3.42. The van der Waals surface area contributed by atoms with Crippen molar-refractivity contribution >= 4 is 17.1 Å². The monoisotopic (exact) mass is 314 g/mol. The van der Waals surface area contributed by atoms with Crippen LogP contribution in [0.3, 0.4) is 0 Å². The fraction of sp³-hybridized carbons (Fsp3) is 0.529. The van der Waals surface area contributed by atoms with Crippen LogP contribution in [-0.4, -0.2) is 47.9 Å². The summed E-state index contributed by atoms with van der Waals surface area (Å²) >= 11 is 0. The van der Waals surface area contributed by atoms with Crippen LogP contribution in [0.5, 0.6) is 0 Å². The lowest BCUT2D eigenvalue weighted by atomic mass is 10.1. The molecule has 1 amide bonds. The molecule has 2 aromatic rings. The SMILES string of the molecule is O=C(NC1CCOCC1)c1cnn2ccc(N3CCCC3)cc12. The number of hydrogen-bond acceptors (Lipinski definition) is 4. The lowest BCUT2D eigenvalue weighted by Crippen LogP contribution is -2.38. The average Bonchev–Trinajstić information content (AvgIpc) is 3.25. The highest BCUT2D eigenvalue weighted by Gasteiger charge is 2.20. The highest BCUT2D eigenvalue weighted by Crippen LogP contribution is 2.23.